The lowest BCUT2D eigenvalue weighted by Gasteiger charge is -2.38. The van der Waals surface area contributed by atoms with Gasteiger partial charge in [0.05, 0.1) is 12.4 Å². The smallest absolute Gasteiger partial charge is 0.254 e. The predicted molar refractivity (Wildman–Crippen MR) is 61.4 cm³/mol. The van der Waals surface area contributed by atoms with Crippen molar-refractivity contribution in [3.8, 4) is 0 Å². The number of hydrogen-bond donors (Lipinski definition) is 0. The average molecular weight is 246 g/mol. The molecule has 1 saturated heterocycles. The molecule has 2 heterocycles. The molecule has 1 aromatic carbocycles. The number of likely N-dealkylation sites (tertiary alicyclic amines) is 1. The molecule has 0 N–H and O–H groups in total. The van der Waals surface area contributed by atoms with Gasteiger partial charge >= 0.3 is 0 Å². The van der Waals surface area contributed by atoms with E-state index in [4.69, 9.17) is 0 Å². The molecule has 92 valence electrons. The van der Waals surface area contributed by atoms with Gasteiger partial charge in [-0.1, -0.05) is 6.07 Å². The first kappa shape index (κ1) is 10.9. The SMILES string of the molecule is O=C(c1cccc(F)c1)N1CC(n2nccn2)C1. The van der Waals surface area contributed by atoms with Crippen molar-refractivity contribution in [1.29, 1.82) is 0 Å². The lowest BCUT2D eigenvalue weighted by Crippen LogP contribution is -2.51. The van der Waals surface area contributed by atoms with Crippen LogP contribution in [0.25, 0.3) is 0 Å². The molecule has 2 aromatic rings. The highest BCUT2D eigenvalue weighted by Crippen LogP contribution is 2.21. The van der Waals surface area contributed by atoms with Crippen molar-refractivity contribution in [3.05, 3.63) is 48.0 Å². The molecule has 0 saturated carbocycles. The monoisotopic (exact) mass is 246 g/mol. The molecule has 1 aliphatic heterocycles. The van der Waals surface area contributed by atoms with Crippen LogP contribution in [0.2, 0.25) is 0 Å². The summed E-state index contributed by atoms with van der Waals surface area (Å²) in [5.74, 6) is -0.551. The normalized spacial score (nSPS) is 15.5. The Balaban J connectivity index is 1.66. The first-order valence-corrected chi connectivity index (χ1v) is 5.64. The number of aromatic nitrogens is 3. The maximum absolute atomic E-state index is 13.0. The first-order valence-electron chi connectivity index (χ1n) is 5.64. The molecule has 18 heavy (non-hydrogen) atoms. The Labute approximate surface area is 103 Å². The summed E-state index contributed by atoms with van der Waals surface area (Å²) in [5, 5.41) is 8.05. The minimum absolute atomic E-state index is 0.123. The number of amides is 1. The summed E-state index contributed by atoms with van der Waals surface area (Å²) < 4.78 is 13.0. The van der Waals surface area contributed by atoms with Crippen LogP contribution in [0.1, 0.15) is 16.4 Å². The largest absolute Gasteiger partial charge is 0.334 e. The summed E-state index contributed by atoms with van der Waals surface area (Å²) >= 11 is 0. The van der Waals surface area contributed by atoms with Gasteiger partial charge in [0.1, 0.15) is 11.9 Å². The van der Waals surface area contributed by atoms with Gasteiger partial charge in [0.15, 0.2) is 0 Å². The van der Waals surface area contributed by atoms with E-state index in [1.807, 2.05) is 0 Å². The number of hydrogen-bond acceptors (Lipinski definition) is 3. The highest BCUT2D eigenvalue weighted by molar-refractivity contribution is 5.94. The molecule has 6 heteroatoms. The van der Waals surface area contributed by atoms with E-state index in [0.717, 1.165) is 0 Å². The molecule has 0 atom stereocenters. The van der Waals surface area contributed by atoms with Gasteiger partial charge in [0, 0.05) is 18.7 Å². The topological polar surface area (TPSA) is 51.0 Å². The van der Waals surface area contributed by atoms with Crippen molar-refractivity contribution >= 4 is 5.91 Å². The van der Waals surface area contributed by atoms with Crippen molar-refractivity contribution in [1.82, 2.24) is 19.9 Å². The van der Waals surface area contributed by atoms with Crippen LogP contribution < -0.4 is 0 Å². The van der Waals surface area contributed by atoms with Gasteiger partial charge in [0.2, 0.25) is 0 Å². The lowest BCUT2D eigenvalue weighted by atomic mass is 10.1. The maximum atomic E-state index is 13.0. The second-order valence-corrected chi connectivity index (χ2v) is 4.22. The van der Waals surface area contributed by atoms with Crippen molar-refractivity contribution in [3.63, 3.8) is 0 Å². The standard InChI is InChI=1S/C12H11FN4O/c13-10-3-1-2-9(6-10)12(18)16-7-11(8-16)17-14-4-5-15-17/h1-6,11H,7-8H2. The molecule has 1 aromatic heterocycles. The molecular formula is C12H11FN4O. The summed E-state index contributed by atoms with van der Waals surface area (Å²) in [6, 6.07) is 5.85. The fourth-order valence-electron chi connectivity index (χ4n) is 1.99. The highest BCUT2D eigenvalue weighted by Gasteiger charge is 2.33. The van der Waals surface area contributed by atoms with E-state index in [0.29, 0.717) is 18.7 Å². The van der Waals surface area contributed by atoms with Gasteiger partial charge in [-0.25, -0.2) is 4.39 Å². The van der Waals surface area contributed by atoms with Gasteiger partial charge in [-0.2, -0.15) is 15.0 Å². The van der Waals surface area contributed by atoms with Crippen LogP contribution in [0, 0.1) is 5.82 Å². The zero-order chi connectivity index (χ0) is 12.5. The zero-order valence-corrected chi connectivity index (χ0v) is 9.53. The van der Waals surface area contributed by atoms with Gasteiger partial charge in [-0.3, -0.25) is 4.79 Å². The third-order valence-corrected chi connectivity index (χ3v) is 2.98. The summed E-state index contributed by atoms with van der Waals surface area (Å²) in [6.45, 7) is 1.12. The first-order chi connectivity index (χ1) is 8.74. The molecule has 1 aliphatic rings. The average Bonchev–Trinajstić information content (AvgIpc) is 2.80. The quantitative estimate of drug-likeness (QED) is 0.797. The van der Waals surface area contributed by atoms with E-state index in [9.17, 15) is 9.18 Å². The van der Waals surface area contributed by atoms with E-state index >= 15 is 0 Å². The Morgan fingerprint density at radius 1 is 1.28 bits per heavy atom. The molecule has 0 radical (unpaired) electrons. The zero-order valence-electron chi connectivity index (χ0n) is 9.53. The Morgan fingerprint density at radius 3 is 2.67 bits per heavy atom. The Kier molecular flexibility index (Phi) is 2.55. The molecule has 1 amide bonds. The molecule has 3 rings (SSSR count). The van der Waals surface area contributed by atoms with Crippen molar-refractivity contribution in [2.45, 2.75) is 6.04 Å². The predicted octanol–water partition coefficient (Wildman–Crippen LogP) is 1.11. The summed E-state index contributed by atoms with van der Waals surface area (Å²) in [4.78, 5) is 15.3. The number of carbonyl (C=O) groups excluding carboxylic acids is 1. The van der Waals surface area contributed by atoms with Crippen LogP contribution >= 0.6 is 0 Å². The number of rotatable bonds is 2. The molecule has 0 aliphatic carbocycles. The van der Waals surface area contributed by atoms with E-state index in [-0.39, 0.29) is 11.9 Å². The second-order valence-electron chi connectivity index (χ2n) is 4.22. The van der Waals surface area contributed by atoms with E-state index < -0.39 is 5.82 Å². The van der Waals surface area contributed by atoms with Crippen LogP contribution in [-0.2, 0) is 0 Å². The summed E-state index contributed by atoms with van der Waals surface area (Å²) in [5.41, 5.74) is 0.377. The van der Waals surface area contributed by atoms with E-state index in [1.165, 1.54) is 18.2 Å². The van der Waals surface area contributed by atoms with Crippen LogP contribution in [0.4, 0.5) is 4.39 Å². The summed E-state index contributed by atoms with van der Waals surface area (Å²) in [7, 11) is 0. The number of benzene rings is 1. The third kappa shape index (κ3) is 1.85. The van der Waals surface area contributed by atoms with Crippen molar-refractivity contribution in [2.24, 2.45) is 0 Å². The van der Waals surface area contributed by atoms with Crippen LogP contribution in [0.15, 0.2) is 36.7 Å². The fourth-order valence-corrected chi connectivity index (χ4v) is 1.99. The molecular weight excluding hydrogens is 235 g/mol. The van der Waals surface area contributed by atoms with E-state index in [2.05, 4.69) is 10.2 Å². The Hall–Kier alpha value is -2.24. The van der Waals surface area contributed by atoms with Gasteiger partial charge < -0.3 is 4.90 Å². The third-order valence-electron chi connectivity index (χ3n) is 2.98. The Bertz CT molecular complexity index is 563. The minimum atomic E-state index is -0.397. The molecule has 1 fully saturated rings. The fraction of sp³-hybridized carbons (Fsp3) is 0.250. The second kappa shape index (κ2) is 4.21. The molecule has 0 bridgehead atoms. The lowest BCUT2D eigenvalue weighted by molar-refractivity contribution is 0.0476. The van der Waals surface area contributed by atoms with E-state index in [1.54, 1.807) is 28.2 Å². The van der Waals surface area contributed by atoms with Gasteiger partial charge in [-0.15, -0.1) is 0 Å². The Morgan fingerprint density at radius 2 is 2.00 bits per heavy atom. The van der Waals surface area contributed by atoms with Crippen LogP contribution in [0.5, 0.6) is 0 Å². The number of halogens is 1. The van der Waals surface area contributed by atoms with Gasteiger partial charge in [0.25, 0.3) is 5.91 Å². The summed E-state index contributed by atoms with van der Waals surface area (Å²) in [6.07, 6.45) is 3.22. The maximum Gasteiger partial charge on any atom is 0.254 e. The molecule has 0 spiro atoms. The van der Waals surface area contributed by atoms with Crippen molar-refractivity contribution < 1.29 is 9.18 Å². The number of carbonyl (C=O) groups is 1. The highest BCUT2D eigenvalue weighted by atomic mass is 19.1. The molecule has 5 nitrogen and oxygen atoms in total. The minimum Gasteiger partial charge on any atom is -0.334 e. The van der Waals surface area contributed by atoms with Gasteiger partial charge in [-0.05, 0) is 18.2 Å². The number of nitrogens with zero attached hydrogens (tertiary/aromatic N) is 4. The van der Waals surface area contributed by atoms with Crippen LogP contribution in [-0.4, -0.2) is 38.9 Å². The molecule has 0 unspecified atom stereocenters. The van der Waals surface area contributed by atoms with Crippen LogP contribution in [0.3, 0.4) is 0 Å². The van der Waals surface area contributed by atoms with Crippen molar-refractivity contribution in [2.75, 3.05) is 13.1 Å².